The van der Waals surface area contributed by atoms with Crippen molar-refractivity contribution >= 4 is 7.60 Å². The molecule has 1 rings (SSSR count). The van der Waals surface area contributed by atoms with E-state index in [4.69, 9.17) is 19.3 Å². The molecule has 1 heterocycles. The summed E-state index contributed by atoms with van der Waals surface area (Å²) in [7, 11) is -3.05. The van der Waals surface area contributed by atoms with E-state index in [2.05, 4.69) is 4.98 Å². The molecule has 0 amide bonds. The Hall–Kier alpha value is -1.55. The Morgan fingerprint density at radius 2 is 2.09 bits per heavy atom. The minimum atomic E-state index is -4.41. The van der Waals surface area contributed by atoms with Gasteiger partial charge in [-0.3, -0.25) is 18.9 Å². The van der Waals surface area contributed by atoms with E-state index in [1.54, 1.807) is 0 Å². The van der Waals surface area contributed by atoms with Gasteiger partial charge >= 0.3 is 13.3 Å². The summed E-state index contributed by atoms with van der Waals surface area (Å²) in [5.74, 6) is 0.596. The van der Waals surface area contributed by atoms with Crippen LogP contribution >= 0.6 is 7.60 Å². The molecule has 0 aromatic carbocycles. The number of nitrogens with one attached hydrogen (secondary N) is 1. The van der Waals surface area contributed by atoms with Crippen molar-refractivity contribution in [2.45, 2.75) is 19.3 Å². The average molecular weight is 350 g/mol. The number of nitrogens with zero attached hydrogens (tertiary/aromatic N) is 1. The molecule has 0 fully saturated rings. The highest BCUT2D eigenvalue weighted by atomic mass is 31.2. The standard InChI is InChI=1S/C12H19N2O8P/c1-8-5-14(12(17)13-11(8)16)10(7-21-2)22-9(6-15)3-4-23(18,19)20/h3-5,9-10,15H,6-7H2,1-2H3,(H,13,16,17)(H2,18,19,20)/b4-3+. The van der Waals surface area contributed by atoms with E-state index in [9.17, 15) is 19.3 Å². The fourth-order valence-electron chi connectivity index (χ4n) is 1.69. The smallest absolute Gasteiger partial charge is 0.348 e. The fourth-order valence-corrected chi connectivity index (χ4v) is 2.10. The summed E-state index contributed by atoms with van der Waals surface area (Å²) in [6, 6.07) is 0. The molecule has 0 radical (unpaired) electrons. The number of aliphatic hydroxyl groups is 1. The van der Waals surface area contributed by atoms with Crippen molar-refractivity contribution in [3.05, 3.63) is 44.5 Å². The quantitative estimate of drug-likeness (QED) is 0.439. The lowest BCUT2D eigenvalue weighted by molar-refractivity contribution is -0.0874. The molecule has 0 aliphatic carbocycles. The highest BCUT2D eigenvalue weighted by Gasteiger charge is 2.19. The van der Waals surface area contributed by atoms with Gasteiger partial charge in [-0.05, 0) is 13.0 Å². The number of H-pyrrole nitrogens is 1. The van der Waals surface area contributed by atoms with Crippen LogP contribution in [0.15, 0.2) is 27.7 Å². The van der Waals surface area contributed by atoms with Gasteiger partial charge in [-0.15, -0.1) is 0 Å². The molecule has 0 aliphatic heterocycles. The van der Waals surface area contributed by atoms with E-state index in [-0.39, 0.29) is 12.2 Å². The summed E-state index contributed by atoms with van der Waals surface area (Å²) < 4.78 is 22.3. The van der Waals surface area contributed by atoms with Crippen molar-refractivity contribution in [3.63, 3.8) is 0 Å². The van der Waals surface area contributed by atoms with Crippen molar-refractivity contribution < 1.29 is 28.9 Å². The van der Waals surface area contributed by atoms with Gasteiger partial charge in [0.05, 0.1) is 13.2 Å². The summed E-state index contributed by atoms with van der Waals surface area (Å²) in [5.41, 5.74) is -1.01. The lowest BCUT2D eigenvalue weighted by Crippen LogP contribution is -2.37. The second-order valence-corrected chi connectivity index (χ2v) is 6.15. The van der Waals surface area contributed by atoms with Gasteiger partial charge in [-0.1, -0.05) is 0 Å². The third-order valence-electron chi connectivity index (χ3n) is 2.77. The molecular weight excluding hydrogens is 331 g/mol. The third kappa shape index (κ3) is 6.22. The number of methoxy groups -OCH3 is 1. The number of hydrogen-bond donors (Lipinski definition) is 4. The number of aromatic nitrogens is 2. The summed E-state index contributed by atoms with van der Waals surface area (Å²) in [6.45, 7) is 0.829. The normalized spacial score (nSPS) is 15.0. The lowest BCUT2D eigenvalue weighted by Gasteiger charge is -2.23. The first kappa shape index (κ1) is 19.5. The molecule has 11 heteroatoms. The Morgan fingerprint density at radius 1 is 1.43 bits per heavy atom. The van der Waals surface area contributed by atoms with Crippen LogP contribution in [-0.4, -0.2) is 50.9 Å². The number of hydrogen-bond acceptors (Lipinski definition) is 6. The van der Waals surface area contributed by atoms with Crippen LogP contribution in [-0.2, 0) is 14.0 Å². The molecule has 0 spiro atoms. The highest BCUT2D eigenvalue weighted by Crippen LogP contribution is 2.36. The molecular formula is C12H19N2O8P. The number of aryl methyl sites for hydroxylation is 1. The van der Waals surface area contributed by atoms with Gasteiger partial charge in [0.1, 0.15) is 6.10 Å². The number of aliphatic hydroxyl groups excluding tert-OH is 1. The van der Waals surface area contributed by atoms with Crippen molar-refractivity contribution in [3.8, 4) is 0 Å². The first-order chi connectivity index (χ1) is 10.7. The molecule has 2 atom stereocenters. The Morgan fingerprint density at radius 3 is 2.61 bits per heavy atom. The maximum Gasteiger partial charge on any atom is 0.348 e. The van der Waals surface area contributed by atoms with Crippen molar-refractivity contribution in [1.82, 2.24) is 9.55 Å². The molecule has 4 N–H and O–H groups in total. The van der Waals surface area contributed by atoms with Gasteiger partial charge in [-0.25, -0.2) is 4.79 Å². The number of rotatable bonds is 8. The molecule has 10 nitrogen and oxygen atoms in total. The molecule has 23 heavy (non-hydrogen) atoms. The van der Waals surface area contributed by atoms with E-state index in [0.717, 1.165) is 10.6 Å². The van der Waals surface area contributed by atoms with E-state index in [0.29, 0.717) is 5.82 Å². The maximum atomic E-state index is 11.9. The molecule has 0 saturated heterocycles. The molecule has 2 unspecified atom stereocenters. The lowest BCUT2D eigenvalue weighted by atomic mass is 10.3. The number of ether oxygens (including phenoxy) is 2. The fraction of sp³-hybridized carbons (Fsp3) is 0.500. The SMILES string of the molecule is COCC(OC(/C=C/P(=O)(O)O)CO)n1cc(C)c(=O)[nH]c1=O. The monoisotopic (exact) mass is 350 g/mol. The Labute approximate surface area is 131 Å². The predicted molar refractivity (Wildman–Crippen MR) is 80.1 cm³/mol. The van der Waals surface area contributed by atoms with E-state index in [1.165, 1.54) is 20.2 Å². The van der Waals surface area contributed by atoms with Crippen LogP contribution in [0.3, 0.4) is 0 Å². The molecule has 130 valence electrons. The largest absolute Gasteiger partial charge is 0.393 e. The molecule has 1 aromatic heterocycles. The van der Waals surface area contributed by atoms with Crippen molar-refractivity contribution in [2.75, 3.05) is 20.3 Å². The van der Waals surface area contributed by atoms with Crippen LogP contribution in [0.5, 0.6) is 0 Å². The van der Waals surface area contributed by atoms with E-state index in [1.807, 2.05) is 0 Å². The highest BCUT2D eigenvalue weighted by molar-refractivity contribution is 7.55. The van der Waals surface area contributed by atoms with Gasteiger partial charge in [0.25, 0.3) is 5.56 Å². The van der Waals surface area contributed by atoms with E-state index >= 15 is 0 Å². The molecule has 0 saturated carbocycles. The van der Waals surface area contributed by atoms with Gasteiger partial charge in [0, 0.05) is 24.7 Å². The van der Waals surface area contributed by atoms with Gasteiger partial charge in [0.2, 0.25) is 0 Å². The zero-order chi connectivity index (χ0) is 17.6. The Bertz CT molecular complexity index is 704. The molecule has 0 bridgehead atoms. The summed E-state index contributed by atoms with van der Waals surface area (Å²) in [6.07, 6.45) is 0.169. The zero-order valence-corrected chi connectivity index (χ0v) is 13.5. The van der Waals surface area contributed by atoms with Gasteiger partial charge < -0.3 is 24.4 Å². The second kappa shape index (κ2) is 8.34. The predicted octanol–water partition coefficient (Wildman–Crippen LogP) is -0.941. The first-order valence-electron chi connectivity index (χ1n) is 6.50. The summed E-state index contributed by atoms with van der Waals surface area (Å²) >= 11 is 0. The minimum Gasteiger partial charge on any atom is -0.393 e. The zero-order valence-electron chi connectivity index (χ0n) is 12.6. The van der Waals surface area contributed by atoms with Crippen LogP contribution in [0, 0.1) is 6.92 Å². The average Bonchev–Trinajstić information content (AvgIpc) is 2.45. The van der Waals surface area contributed by atoms with Crippen LogP contribution in [0.2, 0.25) is 0 Å². The summed E-state index contributed by atoms with van der Waals surface area (Å²) in [5, 5.41) is 9.24. The second-order valence-electron chi connectivity index (χ2n) is 4.68. The van der Waals surface area contributed by atoms with E-state index < -0.39 is 37.8 Å². The van der Waals surface area contributed by atoms with Crippen LogP contribution in [0.25, 0.3) is 0 Å². The minimum absolute atomic E-state index is 0.0916. The topological polar surface area (TPSA) is 151 Å². The van der Waals surface area contributed by atoms with Gasteiger partial charge in [0.15, 0.2) is 6.23 Å². The summed E-state index contributed by atoms with van der Waals surface area (Å²) in [4.78, 5) is 42.9. The molecule has 1 aromatic rings. The van der Waals surface area contributed by atoms with Crippen LogP contribution in [0.1, 0.15) is 11.8 Å². The van der Waals surface area contributed by atoms with Gasteiger partial charge in [-0.2, -0.15) is 0 Å². The van der Waals surface area contributed by atoms with Crippen LogP contribution in [0.4, 0.5) is 0 Å². The third-order valence-corrected chi connectivity index (χ3v) is 3.33. The van der Waals surface area contributed by atoms with Crippen molar-refractivity contribution in [2.24, 2.45) is 0 Å². The maximum absolute atomic E-state index is 11.9. The first-order valence-corrected chi connectivity index (χ1v) is 8.18. The van der Waals surface area contributed by atoms with Crippen LogP contribution < -0.4 is 11.2 Å². The van der Waals surface area contributed by atoms with Crippen molar-refractivity contribution in [1.29, 1.82) is 0 Å². The molecule has 0 aliphatic rings. The Kier molecular flexibility index (Phi) is 7.07. The number of aromatic amines is 1. The Balaban J connectivity index is 3.09.